The average Bonchev–Trinajstić information content (AvgIpc) is 1.83. The zero-order valence-electron chi connectivity index (χ0n) is 5.53. The molecule has 1 N–H and O–H groups in total. The van der Waals surface area contributed by atoms with E-state index < -0.39 is 20.8 Å². The molecular formula is CH4O9S2. The van der Waals surface area contributed by atoms with Gasteiger partial charge in [0.15, 0.2) is 0 Å². The number of rotatable bonds is 5. The summed E-state index contributed by atoms with van der Waals surface area (Å²) in [7, 11) is -8.93. The largest absolute Gasteiger partial charge is 0.454 e. The monoisotopic (exact) mass is 224 g/mol. The van der Waals surface area contributed by atoms with Gasteiger partial charge in [-0.15, -0.1) is 0 Å². The molecule has 0 radical (unpaired) electrons. The Kier molecular flexibility index (Phi) is 3.98. The van der Waals surface area contributed by atoms with E-state index in [2.05, 4.69) is 17.9 Å². The van der Waals surface area contributed by atoms with Crippen molar-refractivity contribution in [2.24, 2.45) is 0 Å². The van der Waals surface area contributed by atoms with Gasteiger partial charge in [0.05, 0.1) is 7.11 Å². The minimum absolute atomic E-state index is 0.828. The van der Waals surface area contributed by atoms with Crippen molar-refractivity contribution in [3.63, 3.8) is 0 Å². The minimum atomic E-state index is -5.01. The lowest BCUT2D eigenvalue weighted by atomic mass is 11.8. The summed E-state index contributed by atoms with van der Waals surface area (Å²) >= 11 is 0. The summed E-state index contributed by atoms with van der Waals surface area (Å²) in [5, 5.41) is 0. The molecule has 0 saturated heterocycles. The zero-order valence-corrected chi connectivity index (χ0v) is 7.16. The molecule has 0 atom stereocenters. The topological polar surface area (TPSA) is 125 Å². The fraction of sp³-hybridized carbons (Fsp3) is 1.00. The molecule has 11 heteroatoms. The molecule has 0 saturated carbocycles. The molecule has 0 aliphatic rings. The van der Waals surface area contributed by atoms with Crippen molar-refractivity contribution in [3.8, 4) is 0 Å². The molecule has 0 spiro atoms. The van der Waals surface area contributed by atoms with Crippen molar-refractivity contribution in [1.82, 2.24) is 0 Å². The van der Waals surface area contributed by atoms with E-state index in [1.54, 1.807) is 0 Å². The summed E-state index contributed by atoms with van der Waals surface area (Å²) in [4.78, 5) is 3.60. The highest BCUT2D eigenvalue weighted by molar-refractivity contribution is 7.83. The highest BCUT2D eigenvalue weighted by atomic mass is 32.3. The zero-order chi connectivity index (χ0) is 9.83. The third-order valence-electron chi connectivity index (χ3n) is 0.348. The molecule has 0 aliphatic carbocycles. The molecular weight excluding hydrogens is 220 g/mol. The van der Waals surface area contributed by atoms with Gasteiger partial charge in [-0.2, -0.15) is 16.8 Å². The van der Waals surface area contributed by atoms with Gasteiger partial charge < -0.3 is 0 Å². The van der Waals surface area contributed by atoms with Crippen molar-refractivity contribution >= 4 is 20.8 Å². The fourth-order valence-corrected chi connectivity index (χ4v) is 0.906. The van der Waals surface area contributed by atoms with Crippen LogP contribution in [0.5, 0.6) is 0 Å². The predicted octanol–water partition coefficient (Wildman–Crippen LogP) is -1.44. The molecule has 0 heterocycles. The number of hydrogen-bond acceptors (Lipinski definition) is 8. The first-order chi connectivity index (χ1) is 5.27. The first-order valence-corrected chi connectivity index (χ1v) is 4.79. The van der Waals surface area contributed by atoms with Gasteiger partial charge in [-0.25, -0.2) is 4.89 Å². The summed E-state index contributed by atoms with van der Waals surface area (Å²) < 4.78 is 57.2. The molecule has 0 aromatic heterocycles. The van der Waals surface area contributed by atoms with Crippen molar-refractivity contribution < 1.29 is 39.3 Å². The van der Waals surface area contributed by atoms with Crippen molar-refractivity contribution in [2.75, 3.05) is 7.11 Å². The van der Waals surface area contributed by atoms with Crippen LogP contribution in [0.1, 0.15) is 0 Å². The summed E-state index contributed by atoms with van der Waals surface area (Å²) in [6.45, 7) is 0. The van der Waals surface area contributed by atoms with Crippen LogP contribution in [-0.2, 0) is 38.7 Å². The first-order valence-electron chi connectivity index (χ1n) is 2.09. The predicted molar refractivity (Wildman–Crippen MR) is 30.7 cm³/mol. The number of hydrogen-bond donors (Lipinski definition) is 1. The molecule has 0 rings (SSSR count). The Balaban J connectivity index is 4.12. The molecule has 0 aliphatic heterocycles. The Morgan fingerprint density at radius 1 is 1.00 bits per heavy atom. The molecule has 0 aromatic carbocycles. The van der Waals surface area contributed by atoms with Crippen molar-refractivity contribution in [1.29, 1.82) is 0 Å². The van der Waals surface area contributed by atoms with E-state index in [9.17, 15) is 16.8 Å². The Morgan fingerprint density at radius 3 is 1.83 bits per heavy atom. The fourth-order valence-electron chi connectivity index (χ4n) is 0.164. The Bertz CT molecular complexity index is 306. The maximum absolute atomic E-state index is 10.2. The quantitative estimate of drug-likeness (QED) is 0.339. The smallest absolute Gasteiger partial charge is 0.262 e. The molecule has 0 fully saturated rings. The van der Waals surface area contributed by atoms with Gasteiger partial charge in [-0.1, -0.05) is 13.0 Å². The van der Waals surface area contributed by atoms with Gasteiger partial charge in [-0.3, -0.25) is 4.55 Å². The standard InChI is InChI=1S/CH4O9S2/c1-7-8-12(5,6)10-9-11(2,3)4/h1H3,(H,2,3,4). The SMILES string of the molecule is COOS(=O)(=O)OOS(=O)(=O)O. The molecule has 12 heavy (non-hydrogen) atoms. The van der Waals surface area contributed by atoms with E-state index in [1.807, 2.05) is 0 Å². The third-order valence-corrected chi connectivity index (χ3v) is 1.21. The Labute approximate surface area is 67.9 Å². The van der Waals surface area contributed by atoms with E-state index in [4.69, 9.17) is 4.55 Å². The average molecular weight is 224 g/mol. The van der Waals surface area contributed by atoms with Gasteiger partial charge in [0.2, 0.25) is 0 Å². The van der Waals surface area contributed by atoms with E-state index in [-0.39, 0.29) is 0 Å². The van der Waals surface area contributed by atoms with Crippen LogP contribution in [-0.4, -0.2) is 28.5 Å². The van der Waals surface area contributed by atoms with Gasteiger partial charge in [0, 0.05) is 0 Å². The van der Waals surface area contributed by atoms with Crippen molar-refractivity contribution in [2.45, 2.75) is 0 Å². The van der Waals surface area contributed by atoms with Crippen LogP contribution in [0.2, 0.25) is 0 Å². The first kappa shape index (κ1) is 11.7. The molecule has 0 amide bonds. The van der Waals surface area contributed by atoms with E-state index >= 15 is 0 Å². The maximum Gasteiger partial charge on any atom is 0.454 e. The van der Waals surface area contributed by atoms with Gasteiger partial charge in [0.25, 0.3) is 0 Å². The lowest BCUT2D eigenvalue weighted by molar-refractivity contribution is -0.208. The van der Waals surface area contributed by atoms with E-state index in [1.165, 1.54) is 0 Å². The highest BCUT2D eigenvalue weighted by Gasteiger charge is 2.19. The summed E-state index contributed by atoms with van der Waals surface area (Å²) in [5.74, 6) is 0. The van der Waals surface area contributed by atoms with Gasteiger partial charge >= 0.3 is 20.8 Å². The minimum Gasteiger partial charge on any atom is -0.262 e. The van der Waals surface area contributed by atoms with Crippen LogP contribution < -0.4 is 0 Å². The normalized spacial score (nSPS) is 13.2. The lowest BCUT2D eigenvalue weighted by Gasteiger charge is -1.98. The van der Waals surface area contributed by atoms with Crippen LogP contribution in [0, 0.1) is 0 Å². The Hall–Kier alpha value is -0.300. The third kappa shape index (κ3) is 6.41. The lowest BCUT2D eigenvalue weighted by Crippen LogP contribution is -2.13. The van der Waals surface area contributed by atoms with Crippen LogP contribution in [0.3, 0.4) is 0 Å². The molecule has 0 unspecified atom stereocenters. The molecule has 9 nitrogen and oxygen atoms in total. The van der Waals surface area contributed by atoms with Crippen molar-refractivity contribution in [3.05, 3.63) is 0 Å². The van der Waals surface area contributed by atoms with E-state index in [0.717, 1.165) is 7.11 Å². The second-order valence-corrected chi connectivity index (χ2v) is 3.29. The van der Waals surface area contributed by atoms with Crippen LogP contribution >= 0.6 is 0 Å². The van der Waals surface area contributed by atoms with Gasteiger partial charge in [0.1, 0.15) is 0 Å². The maximum atomic E-state index is 10.2. The summed E-state index contributed by atoms with van der Waals surface area (Å²) in [6, 6.07) is 0. The second kappa shape index (κ2) is 4.08. The summed E-state index contributed by atoms with van der Waals surface area (Å²) in [6.07, 6.45) is 0. The Morgan fingerprint density at radius 2 is 1.50 bits per heavy atom. The van der Waals surface area contributed by atoms with Gasteiger partial charge in [-0.05, 0) is 0 Å². The van der Waals surface area contributed by atoms with Crippen LogP contribution in [0.4, 0.5) is 0 Å². The second-order valence-electron chi connectivity index (χ2n) is 1.21. The van der Waals surface area contributed by atoms with Crippen LogP contribution in [0.25, 0.3) is 0 Å². The highest BCUT2D eigenvalue weighted by Crippen LogP contribution is 1.99. The molecule has 0 bridgehead atoms. The van der Waals surface area contributed by atoms with Crippen LogP contribution in [0.15, 0.2) is 0 Å². The summed E-state index contributed by atoms with van der Waals surface area (Å²) in [5.41, 5.74) is 0. The van der Waals surface area contributed by atoms with E-state index in [0.29, 0.717) is 0 Å². The molecule has 0 aromatic rings. The molecule has 74 valence electrons.